The molecule has 0 unspecified atom stereocenters. The molecule has 2 N–H and O–H groups in total. The van der Waals surface area contributed by atoms with Gasteiger partial charge in [-0.05, 0) is 64.5 Å². The molecule has 11 nitrogen and oxygen atoms in total. The molecule has 0 spiro atoms. The molecule has 3 aromatic carbocycles. The van der Waals surface area contributed by atoms with E-state index in [1.165, 1.54) is 23.4 Å². The van der Waals surface area contributed by atoms with E-state index in [4.69, 9.17) is 11.6 Å². The van der Waals surface area contributed by atoms with Crippen LogP contribution in [-0.2, 0) is 16.0 Å². The second-order valence-corrected chi connectivity index (χ2v) is 8.85. The molecule has 0 aliphatic carbocycles. The third-order valence-corrected chi connectivity index (χ3v) is 5.97. The Morgan fingerprint density at radius 1 is 0.974 bits per heavy atom. The first-order valence-electron chi connectivity index (χ1n) is 11.9. The van der Waals surface area contributed by atoms with Crippen molar-refractivity contribution in [3.63, 3.8) is 0 Å². The summed E-state index contributed by atoms with van der Waals surface area (Å²) in [4.78, 5) is 30.2. The highest BCUT2D eigenvalue weighted by molar-refractivity contribution is 6.30. The van der Waals surface area contributed by atoms with Crippen LogP contribution in [0.5, 0.6) is 0 Å². The molecule has 0 saturated carbocycles. The van der Waals surface area contributed by atoms with Gasteiger partial charge >= 0.3 is 0 Å². The number of hydrogen-bond donors (Lipinski definition) is 2. The smallest absolute Gasteiger partial charge is 0.247 e. The van der Waals surface area contributed by atoms with Gasteiger partial charge in [-0.1, -0.05) is 41.9 Å². The van der Waals surface area contributed by atoms with Crippen LogP contribution in [0.1, 0.15) is 11.1 Å². The monoisotopic (exact) mass is 539 g/mol. The SMILES string of the molecule is O=C(/C=C/c1cc(Cl)ccc1-n1cnnn1)N[C@@H](Cc1ccccc1)C(=O)Nc1ccc(-n2cncn2)cc1. The highest BCUT2D eigenvalue weighted by Gasteiger charge is 2.21. The summed E-state index contributed by atoms with van der Waals surface area (Å²) in [6.07, 6.45) is 7.72. The van der Waals surface area contributed by atoms with Gasteiger partial charge in [-0.2, -0.15) is 9.78 Å². The average Bonchev–Trinajstić information content (AvgIpc) is 3.68. The lowest BCUT2D eigenvalue weighted by atomic mass is 10.0. The number of halogens is 1. The van der Waals surface area contributed by atoms with Gasteiger partial charge in [0.25, 0.3) is 0 Å². The van der Waals surface area contributed by atoms with Crippen molar-refractivity contribution in [2.45, 2.75) is 12.5 Å². The zero-order valence-electron chi connectivity index (χ0n) is 20.4. The Bertz CT molecular complexity index is 1570. The standard InChI is InChI=1S/C27H22ClN9O2/c28-21-7-12-25(37-18-30-34-35-37)20(15-21)6-13-26(38)33-24(14-19-4-2-1-3-5-19)27(39)32-22-8-10-23(11-9-22)36-17-29-16-31-36/h1-13,15-18,24H,14H2,(H,32,39)(H,33,38)/b13-6+/t24-/m0/s1. The van der Waals surface area contributed by atoms with Crippen LogP contribution < -0.4 is 10.6 Å². The number of aromatic nitrogens is 7. The number of benzene rings is 3. The summed E-state index contributed by atoms with van der Waals surface area (Å²) in [6, 6.07) is 20.9. The van der Waals surface area contributed by atoms with Gasteiger partial charge in [0, 0.05) is 28.8 Å². The van der Waals surface area contributed by atoms with Gasteiger partial charge in [0.05, 0.1) is 11.4 Å². The van der Waals surface area contributed by atoms with E-state index >= 15 is 0 Å². The summed E-state index contributed by atoms with van der Waals surface area (Å²) in [7, 11) is 0. The van der Waals surface area contributed by atoms with Gasteiger partial charge < -0.3 is 10.6 Å². The second kappa shape index (κ2) is 11.9. The van der Waals surface area contributed by atoms with Gasteiger partial charge in [-0.25, -0.2) is 9.67 Å². The van der Waals surface area contributed by atoms with Gasteiger partial charge in [-0.15, -0.1) is 5.10 Å². The topological polar surface area (TPSA) is 133 Å². The molecule has 0 saturated heterocycles. The van der Waals surface area contributed by atoms with Gasteiger partial charge in [0.15, 0.2) is 0 Å². The molecule has 0 bridgehead atoms. The van der Waals surface area contributed by atoms with Crippen LogP contribution in [0.2, 0.25) is 5.02 Å². The van der Waals surface area contributed by atoms with Gasteiger partial charge in [-0.3, -0.25) is 9.59 Å². The molecule has 39 heavy (non-hydrogen) atoms. The molecule has 12 heteroatoms. The Hall–Kier alpha value is -5.16. The summed E-state index contributed by atoms with van der Waals surface area (Å²) in [5.41, 5.74) is 3.55. The molecule has 2 aromatic heterocycles. The summed E-state index contributed by atoms with van der Waals surface area (Å²) in [6.45, 7) is 0. The van der Waals surface area contributed by atoms with E-state index in [9.17, 15) is 9.59 Å². The van der Waals surface area contributed by atoms with Crippen molar-refractivity contribution >= 4 is 35.2 Å². The third-order valence-electron chi connectivity index (χ3n) is 5.73. The van der Waals surface area contributed by atoms with Crippen LogP contribution in [0.15, 0.2) is 97.9 Å². The summed E-state index contributed by atoms with van der Waals surface area (Å²) in [5, 5.41) is 21.5. The van der Waals surface area contributed by atoms with E-state index in [1.54, 1.807) is 47.4 Å². The first-order chi connectivity index (χ1) is 19.0. The van der Waals surface area contributed by atoms with Crippen molar-refractivity contribution in [3.05, 3.63) is 114 Å². The molecule has 0 radical (unpaired) electrons. The molecular formula is C27H22ClN9O2. The quantitative estimate of drug-likeness (QED) is 0.275. The fourth-order valence-corrected chi connectivity index (χ4v) is 4.03. The average molecular weight is 540 g/mol. The number of carbonyl (C=O) groups is 2. The largest absolute Gasteiger partial charge is 0.340 e. The normalized spacial score (nSPS) is 11.8. The lowest BCUT2D eigenvalue weighted by Crippen LogP contribution is -2.44. The van der Waals surface area contributed by atoms with Crippen molar-refractivity contribution in [1.82, 2.24) is 40.3 Å². The van der Waals surface area contributed by atoms with Crippen LogP contribution in [0.25, 0.3) is 17.5 Å². The van der Waals surface area contributed by atoms with Crippen LogP contribution in [0.4, 0.5) is 5.69 Å². The first-order valence-corrected chi connectivity index (χ1v) is 12.2. The maximum absolute atomic E-state index is 13.3. The molecular weight excluding hydrogens is 518 g/mol. The van der Waals surface area contributed by atoms with Crippen molar-refractivity contribution in [2.75, 3.05) is 5.32 Å². The number of nitrogens with zero attached hydrogens (tertiary/aromatic N) is 7. The van der Waals surface area contributed by atoms with Crippen LogP contribution in [0, 0.1) is 0 Å². The molecule has 194 valence electrons. The number of anilines is 1. The minimum Gasteiger partial charge on any atom is -0.340 e. The van der Waals surface area contributed by atoms with E-state index in [-0.39, 0.29) is 5.91 Å². The molecule has 5 aromatic rings. The molecule has 1 atom stereocenters. The minimum absolute atomic E-state index is 0.302. The first kappa shape index (κ1) is 25.5. The number of amides is 2. The number of tetrazole rings is 1. The molecule has 0 aliphatic heterocycles. The van der Waals surface area contributed by atoms with Crippen LogP contribution in [-0.4, -0.2) is 52.8 Å². The highest BCUT2D eigenvalue weighted by atomic mass is 35.5. The van der Waals surface area contributed by atoms with Crippen LogP contribution >= 0.6 is 11.6 Å². The fourth-order valence-electron chi connectivity index (χ4n) is 3.85. The van der Waals surface area contributed by atoms with Gasteiger partial charge in [0.2, 0.25) is 11.8 Å². The van der Waals surface area contributed by atoms with Crippen molar-refractivity contribution in [3.8, 4) is 11.4 Å². The summed E-state index contributed by atoms with van der Waals surface area (Å²) < 4.78 is 3.08. The Morgan fingerprint density at radius 2 is 1.79 bits per heavy atom. The molecule has 5 rings (SSSR count). The predicted octanol–water partition coefficient (Wildman–Crippen LogP) is 3.28. The predicted molar refractivity (Wildman–Crippen MR) is 145 cm³/mol. The highest BCUT2D eigenvalue weighted by Crippen LogP contribution is 2.20. The molecule has 2 amide bonds. The van der Waals surface area contributed by atoms with Crippen molar-refractivity contribution in [2.24, 2.45) is 0 Å². The maximum atomic E-state index is 13.3. The Labute approximate surface area is 228 Å². The second-order valence-electron chi connectivity index (χ2n) is 8.42. The van der Waals surface area contributed by atoms with E-state index in [2.05, 4.69) is 36.2 Å². The summed E-state index contributed by atoms with van der Waals surface area (Å²) in [5.74, 6) is -0.804. The summed E-state index contributed by atoms with van der Waals surface area (Å²) >= 11 is 6.17. The molecule has 2 heterocycles. The van der Waals surface area contributed by atoms with Gasteiger partial charge in [0.1, 0.15) is 25.0 Å². The van der Waals surface area contributed by atoms with E-state index in [0.717, 1.165) is 11.3 Å². The Morgan fingerprint density at radius 3 is 2.51 bits per heavy atom. The number of hydrogen-bond acceptors (Lipinski definition) is 7. The van der Waals surface area contributed by atoms with Crippen molar-refractivity contribution < 1.29 is 9.59 Å². The van der Waals surface area contributed by atoms with E-state index in [1.807, 2.05) is 42.5 Å². The van der Waals surface area contributed by atoms with E-state index < -0.39 is 11.9 Å². The number of rotatable bonds is 9. The zero-order valence-corrected chi connectivity index (χ0v) is 21.2. The third kappa shape index (κ3) is 6.59. The molecule has 0 aliphatic rings. The lowest BCUT2D eigenvalue weighted by molar-refractivity contribution is -0.123. The number of carbonyl (C=O) groups excluding carboxylic acids is 2. The Balaban J connectivity index is 1.32. The van der Waals surface area contributed by atoms with E-state index in [0.29, 0.717) is 28.4 Å². The zero-order chi connectivity index (χ0) is 27.0. The lowest BCUT2D eigenvalue weighted by Gasteiger charge is -2.18. The molecule has 0 fully saturated rings. The Kier molecular flexibility index (Phi) is 7.79. The maximum Gasteiger partial charge on any atom is 0.247 e. The number of nitrogens with one attached hydrogen (secondary N) is 2. The fraction of sp³-hybridized carbons (Fsp3) is 0.0741. The van der Waals surface area contributed by atoms with Crippen molar-refractivity contribution in [1.29, 1.82) is 0 Å². The minimum atomic E-state index is -0.835. The van der Waals surface area contributed by atoms with Crippen LogP contribution in [0.3, 0.4) is 0 Å².